The van der Waals surface area contributed by atoms with E-state index < -0.39 is 0 Å². The van der Waals surface area contributed by atoms with E-state index in [2.05, 4.69) is 54.2 Å². The van der Waals surface area contributed by atoms with Crippen molar-refractivity contribution in [3.05, 3.63) is 58.0 Å². The number of pyridine rings is 1. The van der Waals surface area contributed by atoms with Gasteiger partial charge in [0.1, 0.15) is 11.2 Å². The van der Waals surface area contributed by atoms with Crippen LogP contribution < -0.4 is 5.73 Å². The van der Waals surface area contributed by atoms with Gasteiger partial charge >= 0.3 is 0 Å². The third-order valence-corrected chi connectivity index (χ3v) is 8.30. The fourth-order valence-corrected chi connectivity index (χ4v) is 6.82. The maximum atomic E-state index is 11.2. The maximum Gasteiger partial charge on any atom is 0.236 e. The van der Waals surface area contributed by atoms with Crippen molar-refractivity contribution in [3.63, 3.8) is 0 Å². The van der Waals surface area contributed by atoms with Crippen LogP contribution in [0.4, 0.5) is 0 Å². The van der Waals surface area contributed by atoms with E-state index in [-0.39, 0.29) is 12.5 Å². The minimum Gasteiger partial charge on any atom is -0.368 e. The molecule has 7 nitrogen and oxygen atoms in total. The first-order chi connectivity index (χ1) is 16.4. The molecule has 4 aromatic heterocycles. The van der Waals surface area contributed by atoms with Crippen LogP contribution in [0.15, 0.2) is 30.9 Å². The molecule has 0 unspecified atom stereocenters. The fraction of sp³-hybridized carbons (Fsp3) is 0.346. The minimum absolute atomic E-state index is 0.242. The predicted molar refractivity (Wildman–Crippen MR) is 137 cm³/mol. The van der Waals surface area contributed by atoms with Gasteiger partial charge in [-0.05, 0) is 60.4 Å². The lowest BCUT2D eigenvalue weighted by Crippen LogP contribution is -2.31. The van der Waals surface area contributed by atoms with Crippen LogP contribution in [0.2, 0.25) is 0 Å². The monoisotopic (exact) mass is 472 g/mol. The first-order valence-corrected chi connectivity index (χ1v) is 12.6. The lowest BCUT2D eigenvalue weighted by Gasteiger charge is -2.21. The SMILES string of the molecule is Cc1c(C2=CCN(CC(N)=O)C=C2)sc2[nH]c(-c3cn4ncnc4c4c3CCC4)c(C(C)C)c12. The third-order valence-electron chi connectivity index (χ3n) is 7.04. The predicted octanol–water partition coefficient (Wildman–Crippen LogP) is 4.56. The van der Waals surface area contributed by atoms with E-state index in [0.29, 0.717) is 12.5 Å². The molecule has 5 heterocycles. The Morgan fingerprint density at radius 1 is 1.29 bits per heavy atom. The Morgan fingerprint density at radius 2 is 2.12 bits per heavy atom. The molecule has 0 spiro atoms. The molecular formula is C26H28N6OS. The van der Waals surface area contributed by atoms with E-state index >= 15 is 0 Å². The molecule has 4 aromatic rings. The number of nitrogens with zero attached hydrogens (tertiary/aromatic N) is 4. The number of carbonyl (C=O) groups is 1. The van der Waals surface area contributed by atoms with Crippen LogP contribution in [0.1, 0.15) is 53.3 Å². The Hall–Kier alpha value is -3.39. The van der Waals surface area contributed by atoms with Crippen LogP contribution in [-0.2, 0) is 17.6 Å². The van der Waals surface area contributed by atoms with E-state index in [4.69, 9.17) is 5.73 Å². The summed E-state index contributed by atoms with van der Waals surface area (Å²) in [6.07, 6.45) is 13.4. The number of fused-ring (bicyclic) bond motifs is 4. The van der Waals surface area contributed by atoms with Crippen molar-refractivity contribution < 1.29 is 4.79 Å². The zero-order valence-corrected chi connectivity index (χ0v) is 20.5. The minimum atomic E-state index is -0.313. The lowest BCUT2D eigenvalue weighted by atomic mass is 9.92. The zero-order chi connectivity index (χ0) is 23.6. The summed E-state index contributed by atoms with van der Waals surface area (Å²) in [5, 5.41) is 5.80. The van der Waals surface area contributed by atoms with Gasteiger partial charge in [-0.1, -0.05) is 19.9 Å². The maximum absolute atomic E-state index is 11.2. The van der Waals surface area contributed by atoms with Gasteiger partial charge in [0.05, 0.1) is 12.2 Å². The van der Waals surface area contributed by atoms with Crippen LogP contribution in [0, 0.1) is 6.92 Å². The molecule has 0 aromatic carbocycles. The van der Waals surface area contributed by atoms with Gasteiger partial charge in [-0.25, -0.2) is 9.50 Å². The topological polar surface area (TPSA) is 92.3 Å². The number of thiophene rings is 1. The number of aromatic nitrogens is 4. The van der Waals surface area contributed by atoms with Crippen LogP contribution >= 0.6 is 11.3 Å². The van der Waals surface area contributed by atoms with Gasteiger partial charge in [-0.15, -0.1) is 11.3 Å². The Bertz CT molecular complexity index is 1520. The smallest absolute Gasteiger partial charge is 0.236 e. The summed E-state index contributed by atoms with van der Waals surface area (Å²) in [6.45, 7) is 7.71. The van der Waals surface area contributed by atoms with Crippen molar-refractivity contribution in [2.75, 3.05) is 13.1 Å². The van der Waals surface area contributed by atoms with Gasteiger partial charge in [0.25, 0.3) is 0 Å². The van der Waals surface area contributed by atoms with E-state index in [0.717, 1.165) is 24.9 Å². The fourth-order valence-electron chi connectivity index (χ4n) is 5.58. The van der Waals surface area contributed by atoms with Gasteiger partial charge in [0, 0.05) is 40.3 Å². The average Bonchev–Trinajstić information content (AvgIpc) is 3.57. The number of hydrogen-bond acceptors (Lipinski definition) is 5. The first kappa shape index (κ1) is 21.2. The summed E-state index contributed by atoms with van der Waals surface area (Å²) in [5.74, 6) is 0.0575. The van der Waals surface area contributed by atoms with E-state index in [1.807, 2.05) is 27.0 Å². The number of aromatic amines is 1. The second kappa shape index (κ2) is 7.84. The number of carbonyl (C=O) groups excluding carboxylic acids is 1. The second-order valence-electron chi connectivity index (χ2n) is 9.58. The highest BCUT2D eigenvalue weighted by Crippen LogP contribution is 2.46. The normalized spacial score (nSPS) is 15.6. The van der Waals surface area contributed by atoms with Crippen molar-refractivity contribution in [1.82, 2.24) is 24.5 Å². The molecule has 0 saturated heterocycles. The largest absolute Gasteiger partial charge is 0.368 e. The quantitative estimate of drug-likeness (QED) is 0.445. The summed E-state index contributed by atoms with van der Waals surface area (Å²) in [4.78, 5) is 24.0. The van der Waals surface area contributed by atoms with Gasteiger partial charge in [0.2, 0.25) is 5.91 Å². The molecule has 0 bridgehead atoms. The highest BCUT2D eigenvalue weighted by molar-refractivity contribution is 7.20. The average molecular weight is 473 g/mol. The molecule has 6 rings (SSSR count). The Balaban J connectivity index is 1.48. The van der Waals surface area contributed by atoms with Gasteiger partial charge in [-0.2, -0.15) is 5.10 Å². The molecule has 3 N–H and O–H groups in total. The molecule has 174 valence electrons. The van der Waals surface area contributed by atoms with E-state index in [1.54, 1.807) is 6.33 Å². The van der Waals surface area contributed by atoms with Crippen LogP contribution in [0.25, 0.3) is 32.7 Å². The molecule has 2 aliphatic rings. The third kappa shape index (κ3) is 3.20. The highest BCUT2D eigenvalue weighted by atomic mass is 32.1. The van der Waals surface area contributed by atoms with Crippen molar-refractivity contribution >= 4 is 38.7 Å². The van der Waals surface area contributed by atoms with Gasteiger partial charge in [-0.3, -0.25) is 4.79 Å². The Morgan fingerprint density at radius 3 is 2.85 bits per heavy atom. The number of amides is 1. The van der Waals surface area contributed by atoms with Crippen LogP contribution in [-0.4, -0.2) is 43.5 Å². The number of nitrogens with one attached hydrogen (secondary N) is 1. The molecule has 1 aliphatic carbocycles. The van der Waals surface area contributed by atoms with Crippen LogP contribution in [0.3, 0.4) is 0 Å². The molecule has 0 radical (unpaired) electrons. The highest BCUT2D eigenvalue weighted by Gasteiger charge is 2.27. The van der Waals surface area contributed by atoms with Gasteiger partial charge in [0.15, 0.2) is 5.65 Å². The van der Waals surface area contributed by atoms with E-state index in [1.165, 1.54) is 54.2 Å². The molecule has 34 heavy (non-hydrogen) atoms. The molecule has 1 amide bonds. The van der Waals surface area contributed by atoms with Crippen molar-refractivity contribution in [1.29, 1.82) is 0 Å². The summed E-state index contributed by atoms with van der Waals surface area (Å²) in [7, 11) is 0. The van der Waals surface area contributed by atoms with Crippen molar-refractivity contribution in [3.8, 4) is 11.3 Å². The zero-order valence-electron chi connectivity index (χ0n) is 19.7. The number of nitrogens with two attached hydrogens (primary N) is 1. The summed E-state index contributed by atoms with van der Waals surface area (Å²) >= 11 is 1.81. The van der Waals surface area contributed by atoms with Crippen molar-refractivity contribution in [2.24, 2.45) is 5.73 Å². The first-order valence-electron chi connectivity index (χ1n) is 11.8. The molecule has 8 heteroatoms. The molecule has 1 aliphatic heterocycles. The van der Waals surface area contributed by atoms with E-state index in [9.17, 15) is 4.79 Å². The van der Waals surface area contributed by atoms with Crippen molar-refractivity contribution in [2.45, 2.75) is 46.0 Å². The number of hydrogen-bond donors (Lipinski definition) is 2. The number of allylic oxidation sites excluding steroid dienone is 2. The standard InChI is InChI=1S/C26H28N6OS/c1-14(2)21-22-15(3)24(16-7-9-31(10-8-16)12-20(27)33)34-26(22)30-23(21)19-11-32-25(28-13-29-32)18-6-4-5-17(18)19/h7-9,11,13-14,30H,4-6,10,12H2,1-3H3,(H2,27,33). The molecule has 0 saturated carbocycles. The summed E-state index contributed by atoms with van der Waals surface area (Å²) in [5.41, 5.74) is 15.5. The number of aryl methyl sites for hydroxylation is 2. The number of primary amides is 1. The molecule has 0 fully saturated rings. The summed E-state index contributed by atoms with van der Waals surface area (Å²) in [6, 6.07) is 0. The van der Waals surface area contributed by atoms with Crippen LogP contribution in [0.5, 0.6) is 0 Å². The number of H-pyrrole nitrogens is 1. The Labute approximate surface area is 202 Å². The Kier molecular flexibility index (Phi) is 4.88. The summed E-state index contributed by atoms with van der Waals surface area (Å²) < 4.78 is 1.94. The molecular weight excluding hydrogens is 444 g/mol. The number of rotatable bonds is 5. The van der Waals surface area contributed by atoms with Gasteiger partial charge < -0.3 is 15.6 Å². The lowest BCUT2D eigenvalue weighted by molar-refractivity contribution is -0.118. The molecule has 0 atom stereocenters. The second-order valence-corrected chi connectivity index (χ2v) is 10.6.